The van der Waals surface area contributed by atoms with Crippen LogP contribution in [0.4, 0.5) is 5.69 Å². The molecule has 0 aliphatic carbocycles. The van der Waals surface area contributed by atoms with E-state index < -0.39 is 23.9 Å². The third-order valence-corrected chi connectivity index (χ3v) is 2.68. The second-order valence-electron chi connectivity index (χ2n) is 4.16. The van der Waals surface area contributed by atoms with Gasteiger partial charge in [0, 0.05) is 5.69 Å². The summed E-state index contributed by atoms with van der Waals surface area (Å²) in [4.78, 5) is 23.1. The van der Waals surface area contributed by atoms with E-state index in [9.17, 15) is 14.7 Å². The van der Waals surface area contributed by atoms with Gasteiger partial charge in [-0.05, 0) is 38.1 Å². The number of nitrogens with one attached hydrogen (secondary N) is 1. The molecule has 0 bridgehead atoms. The summed E-state index contributed by atoms with van der Waals surface area (Å²) in [6, 6.07) is 5.62. The number of carbonyl (C=O) groups excluding carboxylic acids is 2. The molecule has 0 saturated heterocycles. The van der Waals surface area contributed by atoms with Gasteiger partial charge < -0.3 is 19.9 Å². The van der Waals surface area contributed by atoms with Crippen LogP contribution in [0.15, 0.2) is 24.3 Å². The van der Waals surface area contributed by atoms with Crippen LogP contribution in [0.1, 0.15) is 13.8 Å². The zero-order chi connectivity index (χ0) is 15.1. The predicted molar refractivity (Wildman–Crippen MR) is 73.7 cm³/mol. The van der Waals surface area contributed by atoms with Gasteiger partial charge in [-0.15, -0.1) is 0 Å². The molecule has 1 rings (SSSR count). The van der Waals surface area contributed by atoms with Crippen LogP contribution in [0.5, 0.6) is 5.75 Å². The molecule has 2 N–H and O–H groups in total. The summed E-state index contributed by atoms with van der Waals surface area (Å²) < 4.78 is 9.88. The van der Waals surface area contributed by atoms with Crippen molar-refractivity contribution in [3.63, 3.8) is 0 Å². The third kappa shape index (κ3) is 4.24. The van der Waals surface area contributed by atoms with Gasteiger partial charge in [0.05, 0.1) is 13.7 Å². The fourth-order valence-corrected chi connectivity index (χ4v) is 1.60. The van der Waals surface area contributed by atoms with Gasteiger partial charge >= 0.3 is 5.97 Å². The molecule has 0 aliphatic rings. The number of ketones is 1. The number of rotatable bonds is 7. The minimum Gasteiger partial charge on any atom is -0.497 e. The van der Waals surface area contributed by atoms with Gasteiger partial charge in [-0.25, -0.2) is 4.79 Å². The number of hydrogen-bond donors (Lipinski definition) is 2. The fourth-order valence-electron chi connectivity index (χ4n) is 1.60. The maximum atomic E-state index is 11.8. The zero-order valence-electron chi connectivity index (χ0n) is 11.8. The van der Waals surface area contributed by atoms with Crippen molar-refractivity contribution in [2.24, 2.45) is 0 Å². The van der Waals surface area contributed by atoms with Crippen molar-refractivity contribution < 1.29 is 24.2 Å². The summed E-state index contributed by atoms with van der Waals surface area (Å²) in [5.41, 5.74) is 0.573. The molecule has 0 heterocycles. The van der Waals surface area contributed by atoms with E-state index in [0.717, 1.165) is 0 Å². The molecule has 0 radical (unpaired) electrons. The zero-order valence-corrected chi connectivity index (χ0v) is 11.8. The molecular weight excluding hydrogens is 262 g/mol. The molecule has 0 aliphatic heterocycles. The van der Waals surface area contributed by atoms with Crippen LogP contribution in [-0.4, -0.2) is 42.7 Å². The SMILES string of the molecule is CCOC(=O)[C@@H](Nc1ccc(OC)cc1)[C@H](O)C(C)=O. The molecular formula is C14H19NO5. The summed E-state index contributed by atoms with van der Waals surface area (Å²) in [6.07, 6.45) is -1.46. The standard InChI is InChI=1S/C14H19NO5/c1-4-20-14(18)12(13(17)9(2)16)15-10-5-7-11(19-3)8-6-10/h5-8,12-13,15,17H,4H2,1-3H3/t12-,13+/m0/s1. The molecule has 0 fully saturated rings. The second-order valence-corrected chi connectivity index (χ2v) is 4.16. The summed E-state index contributed by atoms with van der Waals surface area (Å²) in [6.45, 7) is 3.04. The number of aliphatic hydroxyl groups is 1. The number of aliphatic hydroxyl groups excluding tert-OH is 1. The van der Waals surface area contributed by atoms with E-state index in [1.807, 2.05) is 0 Å². The number of anilines is 1. The quantitative estimate of drug-likeness (QED) is 0.725. The van der Waals surface area contributed by atoms with E-state index in [1.54, 1.807) is 38.3 Å². The van der Waals surface area contributed by atoms with Gasteiger partial charge in [-0.2, -0.15) is 0 Å². The Hall–Kier alpha value is -2.08. The molecule has 1 aromatic rings. The Labute approximate surface area is 117 Å². The first-order valence-corrected chi connectivity index (χ1v) is 6.25. The van der Waals surface area contributed by atoms with Crippen LogP contribution in [-0.2, 0) is 14.3 Å². The van der Waals surface area contributed by atoms with E-state index in [1.165, 1.54) is 6.92 Å². The molecule has 1 aromatic carbocycles. The number of ether oxygens (including phenoxy) is 2. The highest BCUT2D eigenvalue weighted by Crippen LogP contribution is 2.17. The van der Waals surface area contributed by atoms with Crippen molar-refractivity contribution in [2.45, 2.75) is 26.0 Å². The Bertz CT molecular complexity index is 457. The Morgan fingerprint density at radius 2 is 1.90 bits per heavy atom. The van der Waals surface area contributed by atoms with Crippen molar-refractivity contribution in [1.29, 1.82) is 0 Å². The summed E-state index contributed by atoms with van der Waals surface area (Å²) in [5, 5.41) is 12.6. The Balaban J connectivity index is 2.87. The first kappa shape index (κ1) is 16.0. The van der Waals surface area contributed by atoms with Gasteiger partial charge in [0.2, 0.25) is 0 Å². The van der Waals surface area contributed by atoms with E-state index in [4.69, 9.17) is 9.47 Å². The average Bonchev–Trinajstić information content (AvgIpc) is 2.44. The lowest BCUT2D eigenvalue weighted by atomic mass is 10.1. The molecule has 110 valence electrons. The Kier molecular flexibility index (Phi) is 5.99. The first-order chi connectivity index (χ1) is 9.49. The number of benzene rings is 1. The van der Waals surface area contributed by atoms with E-state index >= 15 is 0 Å². The minimum atomic E-state index is -1.46. The molecule has 0 aromatic heterocycles. The van der Waals surface area contributed by atoms with Crippen molar-refractivity contribution in [3.8, 4) is 5.75 Å². The molecule has 0 spiro atoms. The van der Waals surface area contributed by atoms with E-state index in [2.05, 4.69) is 5.32 Å². The molecule has 0 unspecified atom stereocenters. The second kappa shape index (κ2) is 7.49. The van der Waals surface area contributed by atoms with Crippen LogP contribution < -0.4 is 10.1 Å². The van der Waals surface area contributed by atoms with Crippen LogP contribution >= 0.6 is 0 Å². The number of carbonyl (C=O) groups is 2. The maximum Gasteiger partial charge on any atom is 0.331 e. The molecule has 20 heavy (non-hydrogen) atoms. The fraction of sp³-hybridized carbons (Fsp3) is 0.429. The first-order valence-electron chi connectivity index (χ1n) is 6.25. The highest BCUT2D eigenvalue weighted by Gasteiger charge is 2.31. The predicted octanol–water partition coefficient (Wildman–Crippen LogP) is 0.989. The van der Waals surface area contributed by atoms with Crippen LogP contribution in [0.25, 0.3) is 0 Å². The highest BCUT2D eigenvalue weighted by atomic mass is 16.5. The molecule has 0 saturated carbocycles. The number of Topliss-reactive ketones (excluding diaryl/α,β-unsaturated/α-hetero) is 1. The average molecular weight is 281 g/mol. The molecule has 2 atom stereocenters. The Morgan fingerprint density at radius 1 is 1.30 bits per heavy atom. The minimum absolute atomic E-state index is 0.171. The molecule has 6 nitrogen and oxygen atoms in total. The molecule has 6 heteroatoms. The van der Waals surface area contributed by atoms with E-state index in [-0.39, 0.29) is 6.61 Å². The summed E-state index contributed by atoms with van der Waals surface area (Å²) in [7, 11) is 1.54. The van der Waals surface area contributed by atoms with Crippen molar-refractivity contribution in [3.05, 3.63) is 24.3 Å². The van der Waals surface area contributed by atoms with Crippen LogP contribution in [0.3, 0.4) is 0 Å². The monoisotopic (exact) mass is 281 g/mol. The van der Waals surface area contributed by atoms with Gasteiger partial charge in [0.15, 0.2) is 11.8 Å². The lowest BCUT2D eigenvalue weighted by Gasteiger charge is -2.21. The lowest BCUT2D eigenvalue weighted by Crippen LogP contribution is -2.45. The summed E-state index contributed by atoms with van der Waals surface area (Å²) in [5.74, 6) is -0.523. The normalized spacial score (nSPS) is 13.2. The lowest BCUT2D eigenvalue weighted by molar-refractivity contribution is -0.149. The van der Waals surface area contributed by atoms with Gasteiger partial charge in [0.25, 0.3) is 0 Å². The van der Waals surface area contributed by atoms with Crippen molar-refractivity contribution >= 4 is 17.4 Å². The third-order valence-electron chi connectivity index (χ3n) is 2.68. The number of hydrogen-bond acceptors (Lipinski definition) is 6. The smallest absolute Gasteiger partial charge is 0.331 e. The topological polar surface area (TPSA) is 84.9 Å². The van der Waals surface area contributed by atoms with E-state index in [0.29, 0.717) is 11.4 Å². The largest absolute Gasteiger partial charge is 0.497 e. The van der Waals surface area contributed by atoms with Crippen LogP contribution in [0.2, 0.25) is 0 Å². The maximum absolute atomic E-state index is 11.8. The van der Waals surface area contributed by atoms with Gasteiger partial charge in [0.1, 0.15) is 11.9 Å². The van der Waals surface area contributed by atoms with Gasteiger partial charge in [-0.3, -0.25) is 4.79 Å². The Morgan fingerprint density at radius 3 is 2.35 bits per heavy atom. The van der Waals surface area contributed by atoms with Crippen molar-refractivity contribution in [2.75, 3.05) is 19.0 Å². The summed E-state index contributed by atoms with van der Waals surface area (Å²) >= 11 is 0. The number of esters is 1. The van der Waals surface area contributed by atoms with Crippen molar-refractivity contribution in [1.82, 2.24) is 0 Å². The highest BCUT2D eigenvalue weighted by molar-refractivity contribution is 5.91. The van der Waals surface area contributed by atoms with Crippen LogP contribution in [0, 0.1) is 0 Å². The molecule has 0 amide bonds. The number of methoxy groups -OCH3 is 1. The van der Waals surface area contributed by atoms with Gasteiger partial charge in [-0.1, -0.05) is 0 Å².